The molecule has 0 fully saturated rings. The number of rotatable bonds is 6. The number of hydrogen-bond donors (Lipinski definition) is 3. The van der Waals surface area contributed by atoms with Gasteiger partial charge in [0.15, 0.2) is 0 Å². The van der Waals surface area contributed by atoms with Crippen molar-refractivity contribution in [2.75, 3.05) is 11.9 Å². The number of aliphatic hydroxyl groups is 1. The lowest BCUT2D eigenvalue weighted by Gasteiger charge is -2.26. The fourth-order valence-electron chi connectivity index (χ4n) is 1.80. The zero-order valence-electron chi connectivity index (χ0n) is 13.3. The Bertz CT molecular complexity index is 481. The SMILES string of the molecule is CCOc1ccc(NC(=O)CC(N)C(C)(C)C)cc1CO. The van der Waals surface area contributed by atoms with Crippen LogP contribution in [0.5, 0.6) is 5.75 Å². The van der Waals surface area contributed by atoms with Crippen LogP contribution in [0.15, 0.2) is 18.2 Å². The summed E-state index contributed by atoms with van der Waals surface area (Å²) < 4.78 is 5.40. The van der Waals surface area contributed by atoms with Gasteiger partial charge in [-0.2, -0.15) is 0 Å². The van der Waals surface area contributed by atoms with E-state index < -0.39 is 0 Å². The molecule has 5 nitrogen and oxygen atoms in total. The molecule has 0 aliphatic carbocycles. The standard InChI is InChI=1S/C16H26N2O3/c1-5-21-13-7-6-12(8-11(13)10-19)18-15(20)9-14(17)16(2,3)4/h6-8,14,19H,5,9-10,17H2,1-4H3,(H,18,20). The van der Waals surface area contributed by atoms with Crippen LogP contribution in [0, 0.1) is 5.41 Å². The number of anilines is 1. The molecule has 0 radical (unpaired) electrons. The van der Waals surface area contributed by atoms with Crippen molar-refractivity contribution >= 4 is 11.6 Å². The summed E-state index contributed by atoms with van der Waals surface area (Å²) in [5.74, 6) is 0.495. The molecule has 0 aliphatic rings. The molecule has 0 bridgehead atoms. The van der Waals surface area contributed by atoms with Gasteiger partial charge in [0.2, 0.25) is 5.91 Å². The summed E-state index contributed by atoms with van der Waals surface area (Å²) in [7, 11) is 0. The molecule has 4 N–H and O–H groups in total. The van der Waals surface area contributed by atoms with E-state index in [0.717, 1.165) is 0 Å². The summed E-state index contributed by atoms with van der Waals surface area (Å²) in [5.41, 5.74) is 7.17. The molecule has 1 rings (SSSR count). The number of aliphatic hydroxyl groups excluding tert-OH is 1. The van der Waals surface area contributed by atoms with Gasteiger partial charge in [0.25, 0.3) is 0 Å². The third-order valence-corrected chi connectivity index (χ3v) is 3.33. The van der Waals surface area contributed by atoms with Crippen molar-refractivity contribution in [2.24, 2.45) is 11.1 Å². The molecular weight excluding hydrogens is 268 g/mol. The molecule has 1 amide bonds. The minimum absolute atomic E-state index is 0.119. The van der Waals surface area contributed by atoms with Crippen molar-refractivity contribution in [1.29, 1.82) is 0 Å². The molecule has 118 valence electrons. The van der Waals surface area contributed by atoms with Gasteiger partial charge in [-0.25, -0.2) is 0 Å². The predicted octanol–water partition coefficient (Wildman–Crippen LogP) is 2.28. The molecule has 0 aliphatic heterocycles. The average molecular weight is 294 g/mol. The Morgan fingerprint density at radius 3 is 2.62 bits per heavy atom. The molecule has 0 spiro atoms. The Morgan fingerprint density at radius 1 is 1.43 bits per heavy atom. The number of benzene rings is 1. The van der Waals surface area contributed by atoms with Gasteiger partial charge in [0, 0.05) is 23.7 Å². The summed E-state index contributed by atoms with van der Waals surface area (Å²) in [6.45, 7) is 8.29. The Kier molecular flexibility index (Phi) is 6.18. The number of ether oxygens (including phenoxy) is 1. The lowest BCUT2D eigenvalue weighted by atomic mass is 9.85. The van der Waals surface area contributed by atoms with Crippen LogP contribution in [0.3, 0.4) is 0 Å². The summed E-state index contributed by atoms with van der Waals surface area (Å²) in [5, 5.41) is 12.1. The van der Waals surface area contributed by atoms with Gasteiger partial charge < -0.3 is 20.9 Å². The Balaban J connectivity index is 2.72. The fourth-order valence-corrected chi connectivity index (χ4v) is 1.80. The zero-order valence-corrected chi connectivity index (χ0v) is 13.3. The van der Waals surface area contributed by atoms with Crippen LogP contribution in [0.4, 0.5) is 5.69 Å². The van der Waals surface area contributed by atoms with Crippen LogP contribution in [-0.4, -0.2) is 23.7 Å². The highest BCUT2D eigenvalue weighted by molar-refractivity contribution is 5.91. The molecule has 0 saturated carbocycles. The third kappa shape index (κ3) is 5.36. The number of nitrogens with two attached hydrogens (primary N) is 1. The number of nitrogens with one attached hydrogen (secondary N) is 1. The minimum atomic E-state index is -0.211. The van der Waals surface area contributed by atoms with Gasteiger partial charge in [-0.05, 0) is 30.5 Å². The first-order chi connectivity index (χ1) is 9.77. The Hall–Kier alpha value is -1.59. The van der Waals surface area contributed by atoms with E-state index in [-0.39, 0.29) is 30.4 Å². The van der Waals surface area contributed by atoms with Crippen molar-refractivity contribution < 1.29 is 14.6 Å². The van der Waals surface area contributed by atoms with Crippen molar-refractivity contribution in [2.45, 2.75) is 46.8 Å². The predicted molar refractivity (Wildman–Crippen MR) is 84.2 cm³/mol. The second kappa shape index (κ2) is 7.43. The Morgan fingerprint density at radius 2 is 2.10 bits per heavy atom. The van der Waals surface area contributed by atoms with Gasteiger partial charge in [-0.3, -0.25) is 4.79 Å². The van der Waals surface area contributed by atoms with Crippen molar-refractivity contribution in [3.05, 3.63) is 23.8 Å². The maximum atomic E-state index is 12.0. The summed E-state index contributed by atoms with van der Waals surface area (Å²) in [6, 6.07) is 5.00. The highest BCUT2D eigenvalue weighted by atomic mass is 16.5. The normalized spacial score (nSPS) is 12.9. The molecular formula is C16H26N2O3. The summed E-state index contributed by atoms with van der Waals surface area (Å²) >= 11 is 0. The zero-order chi connectivity index (χ0) is 16.0. The molecule has 1 unspecified atom stereocenters. The van der Waals surface area contributed by atoms with Crippen molar-refractivity contribution in [3.8, 4) is 5.75 Å². The molecule has 1 atom stereocenters. The van der Waals surface area contributed by atoms with Gasteiger partial charge in [-0.15, -0.1) is 0 Å². The van der Waals surface area contributed by atoms with Crippen molar-refractivity contribution in [1.82, 2.24) is 0 Å². The van der Waals surface area contributed by atoms with Gasteiger partial charge >= 0.3 is 0 Å². The lowest BCUT2D eigenvalue weighted by Crippen LogP contribution is -2.38. The van der Waals surface area contributed by atoms with Crippen LogP contribution < -0.4 is 15.8 Å². The van der Waals surface area contributed by atoms with Crippen LogP contribution in [0.25, 0.3) is 0 Å². The first kappa shape index (κ1) is 17.5. The van der Waals surface area contributed by atoms with E-state index in [4.69, 9.17) is 10.5 Å². The van der Waals surface area contributed by atoms with E-state index in [1.165, 1.54) is 0 Å². The quantitative estimate of drug-likeness (QED) is 0.751. The van der Waals surface area contributed by atoms with E-state index in [2.05, 4.69) is 5.32 Å². The summed E-state index contributed by atoms with van der Waals surface area (Å²) in [4.78, 5) is 12.0. The first-order valence-corrected chi connectivity index (χ1v) is 7.20. The number of hydrogen-bond acceptors (Lipinski definition) is 4. The van der Waals surface area contributed by atoms with Crippen LogP contribution in [-0.2, 0) is 11.4 Å². The van der Waals surface area contributed by atoms with Crippen LogP contribution in [0.2, 0.25) is 0 Å². The molecule has 5 heteroatoms. The second-order valence-corrected chi connectivity index (χ2v) is 6.14. The highest BCUT2D eigenvalue weighted by Gasteiger charge is 2.23. The van der Waals surface area contributed by atoms with Gasteiger partial charge in [0.05, 0.1) is 13.2 Å². The third-order valence-electron chi connectivity index (χ3n) is 3.33. The summed E-state index contributed by atoms with van der Waals surface area (Å²) in [6.07, 6.45) is 0.255. The molecule has 21 heavy (non-hydrogen) atoms. The average Bonchev–Trinajstić information content (AvgIpc) is 2.39. The number of carbonyl (C=O) groups excluding carboxylic acids is 1. The molecule has 0 heterocycles. The smallest absolute Gasteiger partial charge is 0.225 e. The molecule has 0 saturated heterocycles. The van der Waals surface area contributed by atoms with Crippen LogP contribution in [0.1, 0.15) is 39.7 Å². The first-order valence-electron chi connectivity index (χ1n) is 7.20. The number of carbonyl (C=O) groups is 1. The second-order valence-electron chi connectivity index (χ2n) is 6.14. The van der Waals surface area contributed by atoms with Crippen LogP contribution >= 0.6 is 0 Å². The molecule has 1 aromatic rings. The van der Waals surface area contributed by atoms with E-state index in [1.54, 1.807) is 18.2 Å². The monoisotopic (exact) mass is 294 g/mol. The van der Waals surface area contributed by atoms with E-state index >= 15 is 0 Å². The largest absolute Gasteiger partial charge is 0.494 e. The van der Waals surface area contributed by atoms with Crippen molar-refractivity contribution in [3.63, 3.8) is 0 Å². The van der Waals surface area contributed by atoms with E-state index in [1.807, 2.05) is 27.7 Å². The maximum absolute atomic E-state index is 12.0. The van der Waals surface area contributed by atoms with E-state index in [9.17, 15) is 9.90 Å². The minimum Gasteiger partial charge on any atom is -0.494 e. The van der Waals surface area contributed by atoms with Gasteiger partial charge in [-0.1, -0.05) is 20.8 Å². The Labute approximate surface area is 126 Å². The van der Waals surface area contributed by atoms with Gasteiger partial charge in [0.1, 0.15) is 5.75 Å². The molecule has 0 aromatic heterocycles. The topological polar surface area (TPSA) is 84.6 Å². The lowest BCUT2D eigenvalue weighted by molar-refractivity contribution is -0.117. The van der Waals surface area contributed by atoms with E-state index in [0.29, 0.717) is 23.6 Å². The highest BCUT2D eigenvalue weighted by Crippen LogP contribution is 2.24. The number of amides is 1. The fraction of sp³-hybridized carbons (Fsp3) is 0.562. The maximum Gasteiger partial charge on any atom is 0.225 e. The molecule has 1 aromatic carbocycles.